The van der Waals surface area contributed by atoms with E-state index in [2.05, 4.69) is 0 Å². The van der Waals surface area contributed by atoms with Crippen LogP contribution in [-0.2, 0) is 26.2 Å². The molecule has 9 heteroatoms. The van der Waals surface area contributed by atoms with Gasteiger partial charge in [-0.25, -0.2) is 17.6 Å². The Morgan fingerprint density at radius 3 is 1.39 bits per heavy atom. The van der Waals surface area contributed by atoms with Gasteiger partial charge in [-0.3, -0.25) is 0 Å². The number of rotatable bonds is 2. The Bertz CT molecular complexity index is 1370. The summed E-state index contributed by atoms with van der Waals surface area (Å²) in [5.74, 6) is -1.75. The Kier molecular flexibility index (Phi) is 8.40. The molecule has 36 heavy (non-hydrogen) atoms. The first-order chi connectivity index (χ1) is 15.8. The molecular weight excluding hydrogens is 626 g/mol. The summed E-state index contributed by atoms with van der Waals surface area (Å²) < 4.78 is 59.4. The third-order valence-corrected chi connectivity index (χ3v) is 11.8. The molecule has 2 unspecified atom stereocenters. The summed E-state index contributed by atoms with van der Waals surface area (Å²) in [7, 11) is -3.29. The Morgan fingerprint density at radius 2 is 1.00 bits per heavy atom. The molecule has 0 fully saturated rings. The van der Waals surface area contributed by atoms with Crippen LogP contribution in [0.5, 0.6) is 0 Å². The topological polar surface area (TPSA) is 0 Å². The maximum atomic E-state index is 15.3. The van der Waals surface area contributed by atoms with Gasteiger partial charge in [-0.15, -0.1) is 0 Å². The van der Waals surface area contributed by atoms with Crippen LogP contribution in [0.15, 0.2) is 72.8 Å². The molecule has 2 aliphatic rings. The monoisotopic (exact) mass is 640 g/mol. The van der Waals surface area contributed by atoms with E-state index in [1.54, 1.807) is 36.4 Å². The van der Waals surface area contributed by atoms with Gasteiger partial charge in [0.15, 0.2) is 7.38 Å². The van der Waals surface area contributed by atoms with Gasteiger partial charge in [-0.2, -0.15) is 11.1 Å². The Labute approximate surface area is 243 Å². The average molecular weight is 643 g/mol. The zero-order valence-corrected chi connectivity index (χ0v) is 24.5. The van der Waals surface area contributed by atoms with Gasteiger partial charge in [0, 0.05) is 22.2 Å². The van der Waals surface area contributed by atoms with E-state index >= 15 is 8.78 Å². The van der Waals surface area contributed by atoms with Crippen LogP contribution in [0.3, 0.4) is 0 Å². The smallest absolute Gasteiger partial charge is 1.00 e. The summed E-state index contributed by atoms with van der Waals surface area (Å²) in [6.07, 6.45) is 0. The predicted octanol–water partition coefficient (Wildman–Crippen LogP) is 2.07. The summed E-state index contributed by atoms with van der Waals surface area (Å²) in [6, 6.07) is 18.3. The molecular formula is C27H17Cl3F4SiZr. The number of hydrogen-bond acceptors (Lipinski definition) is 0. The molecule has 0 nitrogen and oxygen atoms in total. The second-order valence-electron chi connectivity index (χ2n) is 8.88. The minimum absolute atomic E-state index is 0. The zero-order valence-electron chi connectivity index (χ0n) is 18.7. The van der Waals surface area contributed by atoms with Crippen molar-refractivity contribution in [3.8, 4) is 22.3 Å². The van der Waals surface area contributed by atoms with Crippen molar-refractivity contribution in [2.75, 3.05) is 0 Å². The fraction of sp³-hybridized carbons (Fsp3) is 0.111. The molecule has 0 aliphatic heterocycles. The molecule has 0 saturated carbocycles. The van der Waals surface area contributed by atoms with Crippen molar-refractivity contribution in [1.29, 1.82) is 0 Å². The Hall–Kier alpha value is -1.43. The largest absolute Gasteiger partial charge is 2.00 e. The zero-order chi connectivity index (χ0) is 23.1. The van der Waals surface area contributed by atoms with Gasteiger partial charge in [-0.1, -0.05) is 42.9 Å². The number of fused-ring (bicyclic) bond motifs is 6. The van der Waals surface area contributed by atoms with E-state index in [4.69, 9.17) is 11.1 Å². The van der Waals surface area contributed by atoms with Crippen molar-refractivity contribution in [3.63, 3.8) is 0 Å². The summed E-state index contributed by atoms with van der Waals surface area (Å²) >= 11 is 7.47. The van der Waals surface area contributed by atoms with Crippen LogP contribution in [0.2, 0.25) is 6.55 Å². The molecule has 0 N–H and O–H groups in total. The van der Waals surface area contributed by atoms with Gasteiger partial charge >= 0.3 is 26.2 Å². The average Bonchev–Trinajstić information content (AvgIpc) is 3.28. The minimum Gasteiger partial charge on any atom is -1.00 e. The van der Waals surface area contributed by atoms with E-state index in [1.807, 2.05) is 6.55 Å². The standard InChI is InChI=1S/C27H17ClF4Si.2ClH.Zr/c1-33(28,26-20-12-14(29)8-10-16(20)18-4-2-6-22(31)24(18)26)27-21-13-15(30)9-11-17(21)19-5-3-7-23(32)25(19)27;;;/h2-13,26-27H,1H3;2*1H;/q;;;+2/p-2. The Balaban J connectivity index is 0.00000120. The fourth-order valence-corrected chi connectivity index (χ4v) is 10.9. The number of hydrogen-bond donors (Lipinski definition) is 0. The van der Waals surface area contributed by atoms with Crippen LogP contribution < -0.4 is 24.8 Å². The van der Waals surface area contributed by atoms with Gasteiger partial charge in [0.25, 0.3) is 0 Å². The summed E-state index contributed by atoms with van der Waals surface area (Å²) in [5, 5.41) is 0. The van der Waals surface area contributed by atoms with E-state index in [0.29, 0.717) is 33.4 Å². The minimum atomic E-state index is -3.29. The second kappa shape index (κ2) is 10.4. The molecule has 0 bridgehead atoms. The van der Waals surface area contributed by atoms with E-state index in [0.717, 1.165) is 11.1 Å². The van der Waals surface area contributed by atoms with Gasteiger partial charge < -0.3 is 24.8 Å². The summed E-state index contributed by atoms with van der Waals surface area (Å²) in [6.45, 7) is 1.84. The predicted molar refractivity (Wildman–Crippen MR) is 125 cm³/mol. The van der Waals surface area contributed by atoms with Gasteiger partial charge in [0.1, 0.15) is 23.3 Å². The quantitative estimate of drug-likeness (QED) is 0.179. The molecule has 4 aromatic carbocycles. The van der Waals surface area contributed by atoms with Crippen molar-refractivity contribution < 1.29 is 68.6 Å². The first-order valence-electron chi connectivity index (χ1n) is 10.6. The van der Waals surface area contributed by atoms with Crippen LogP contribution in [-0.4, -0.2) is 7.38 Å². The van der Waals surface area contributed by atoms with E-state index < -0.39 is 41.7 Å². The van der Waals surface area contributed by atoms with Crippen LogP contribution in [0.1, 0.15) is 33.3 Å². The Morgan fingerprint density at radius 1 is 0.611 bits per heavy atom. The van der Waals surface area contributed by atoms with Crippen molar-refractivity contribution in [2.24, 2.45) is 0 Å². The first kappa shape index (κ1) is 29.1. The molecule has 0 spiro atoms. The maximum absolute atomic E-state index is 15.3. The van der Waals surface area contributed by atoms with Gasteiger partial charge in [-0.05, 0) is 69.8 Å². The van der Waals surface area contributed by atoms with E-state index in [9.17, 15) is 8.78 Å². The molecule has 4 aromatic rings. The molecule has 0 saturated heterocycles. The van der Waals surface area contributed by atoms with Crippen LogP contribution in [0, 0.1) is 23.3 Å². The molecule has 0 aromatic heterocycles. The maximum Gasteiger partial charge on any atom is 2.00 e. The summed E-state index contributed by atoms with van der Waals surface area (Å²) in [5.41, 5.74) is 3.50. The third kappa shape index (κ3) is 4.14. The van der Waals surface area contributed by atoms with E-state index in [-0.39, 0.29) is 51.0 Å². The SMILES string of the molecule is C[Si](Cl)(C1c2cc(F)ccc2-c2cccc(F)c21)C1c2cc(F)ccc2-c2cccc(F)c21.[Cl-].[Cl-].[Zr+2]. The van der Waals surface area contributed by atoms with Crippen molar-refractivity contribution in [3.05, 3.63) is 118 Å². The molecule has 0 radical (unpaired) electrons. The first-order valence-corrected chi connectivity index (χ1v) is 14.3. The normalized spacial score (nSPS) is 17.8. The molecule has 0 amide bonds. The molecule has 2 atom stereocenters. The van der Waals surface area contributed by atoms with E-state index in [1.165, 1.54) is 36.4 Å². The molecule has 182 valence electrons. The van der Waals surface area contributed by atoms with Crippen molar-refractivity contribution in [1.82, 2.24) is 0 Å². The van der Waals surface area contributed by atoms with Crippen LogP contribution in [0.4, 0.5) is 17.6 Å². The van der Waals surface area contributed by atoms with Gasteiger partial charge in [0.05, 0.1) is 0 Å². The number of benzene rings is 4. The molecule has 6 rings (SSSR count). The van der Waals surface area contributed by atoms with Crippen LogP contribution in [0.25, 0.3) is 22.3 Å². The van der Waals surface area contributed by atoms with Crippen molar-refractivity contribution >= 4 is 18.5 Å². The second-order valence-corrected chi connectivity index (χ2v) is 14.8. The summed E-state index contributed by atoms with van der Waals surface area (Å²) in [4.78, 5) is 0. The van der Waals surface area contributed by atoms with Gasteiger partial charge in [0.2, 0.25) is 0 Å². The number of halogens is 7. The molecule has 0 heterocycles. The third-order valence-electron chi connectivity index (χ3n) is 7.04. The molecule has 2 aliphatic carbocycles. The van der Waals surface area contributed by atoms with Crippen LogP contribution >= 0.6 is 11.1 Å². The fourth-order valence-electron chi connectivity index (χ4n) is 5.82. The van der Waals surface area contributed by atoms with Crippen molar-refractivity contribution in [2.45, 2.75) is 17.6 Å².